The summed E-state index contributed by atoms with van der Waals surface area (Å²) in [6.45, 7) is 4.06. The second-order valence-corrected chi connectivity index (χ2v) is 9.69. The Bertz CT molecular complexity index is 1280. The summed E-state index contributed by atoms with van der Waals surface area (Å²) in [4.78, 5) is 25.0. The zero-order valence-electron chi connectivity index (χ0n) is 17.2. The molecule has 0 bridgehead atoms. The molecule has 1 aliphatic rings. The summed E-state index contributed by atoms with van der Waals surface area (Å²) in [5.74, 6) is -1.90. The predicted molar refractivity (Wildman–Crippen MR) is 116 cm³/mol. The number of nitrogens with zero attached hydrogens (tertiary/aromatic N) is 2. The summed E-state index contributed by atoms with van der Waals surface area (Å²) in [7, 11) is -3.33. The van der Waals surface area contributed by atoms with Crippen molar-refractivity contribution in [3.8, 4) is 5.69 Å². The molecule has 0 fully saturated rings. The highest BCUT2D eigenvalue weighted by molar-refractivity contribution is 7.90. The van der Waals surface area contributed by atoms with E-state index in [2.05, 4.69) is 15.7 Å². The molecule has 3 aromatic rings. The standard InChI is InChI=1S/C22H22N4O4S/c1-14-7-9-16(10-8-14)11-23-21(27)22(28)24-20-17-12-31(29,30)13-18(17)25-26(20)19-6-4-3-5-15(19)2/h3-10H,11-13H2,1-2H3,(H,23,27)(H,24,28). The molecule has 0 aliphatic carbocycles. The van der Waals surface area contributed by atoms with Crippen LogP contribution in [0.2, 0.25) is 0 Å². The Hall–Kier alpha value is -3.46. The van der Waals surface area contributed by atoms with Crippen LogP contribution < -0.4 is 10.6 Å². The first-order chi connectivity index (χ1) is 14.7. The molecule has 0 radical (unpaired) electrons. The topological polar surface area (TPSA) is 110 Å². The number of anilines is 1. The number of amides is 2. The van der Waals surface area contributed by atoms with Gasteiger partial charge in [0.25, 0.3) is 0 Å². The molecular weight excluding hydrogens is 416 g/mol. The van der Waals surface area contributed by atoms with Gasteiger partial charge in [0.2, 0.25) is 0 Å². The van der Waals surface area contributed by atoms with Gasteiger partial charge < -0.3 is 10.6 Å². The minimum absolute atomic E-state index is 0.191. The van der Waals surface area contributed by atoms with E-state index in [1.54, 1.807) is 0 Å². The zero-order chi connectivity index (χ0) is 22.2. The molecule has 31 heavy (non-hydrogen) atoms. The number of carbonyl (C=O) groups excluding carboxylic acids is 2. The SMILES string of the molecule is Cc1ccc(CNC(=O)C(=O)Nc2c3c(nn2-c2ccccc2C)CS(=O)(=O)C3)cc1. The van der Waals surface area contributed by atoms with Crippen molar-refractivity contribution in [2.24, 2.45) is 0 Å². The van der Waals surface area contributed by atoms with Gasteiger partial charge in [-0.2, -0.15) is 5.10 Å². The molecule has 2 aromatic carbocycles. The number of carbonyl (C=O) groups is 2. The van der Waals surface area contributed by atoms with Crippen LogP contribution in [-0.4, -0.2) is 30.0 Å². The van der Waals surface area contributed by atoms with Crippen LogP contribution in [0.4, 0.5) is 5.82 Å². The number of para-hydroxylation sites is 1. The van der Waals surface area contributed by atoms with Crippen molar-refractivity contribution < 1.29 is 18.0 Å². The molecule has 0 saturated heterocycles. The molecule has 0 saturated carbocycles. The fraction of sp³-hybridized carbons (Fsp3) is 0.227. The summed E-state index contributed by atoms with van der Waals surface area (Å²) in [5.41, 5.74) is 4.36. The van der Waals surface area contributed by atoms with E-state index < -0.39 is 21.7 Å². The van der Waals surface area contributed by atoms with Crippen LogP contribution in [0.15, 0.2) is 48.5 Å². The highest BCUT2D eigenvalue weighted by Gasteiger charge is 2.34. The molecule has 2 heterocycles. The lowest BCUT2D eigenvalue weighted by Crippen LogP contribution is -2.35. The second-order valence-electron chi connectivity index (χ2n) is 7.63. The first kappa shape index (κ1) is 20.8. The Labute approximate surface area is 180 Å². The van der Waals surface area contributed by atoms with Crippen molar-refractivity contribution in [2.75, 3.05) is 5.32 Å². The summed E-state index contributed by atoms with van der Waals surface area (Å²) in [6, 6.07) is 15.0. The van der Waals surface area contributed by atoms with Crippen LogP contribution in [-0.2, 0) is 37.5 Å². The van der Waals surface area contributed by atoms with E-state index in [9.17, 15) is 18.0 Å². The molecule has 0 spiro atoms. The minimum Gasteiger partial charge on any atom is -0.344 e. The third-order valence-electron chi connectivity index (χ3n) is 5.14. The van der Waals surface area contributed by atoms with Crippen molar-refractivity contribution >= 4 is 27.5 Å². The van der Waals surface area contributed by atoms with Crippen molar-refractivity contribution in [3.63, 3.8) is 0 Å². The third kappa shape index (κ3) is 4.36. The van der Waals surface area contributed by atoms with Crippen LogP contribution in [0, 0.1) is 13.8 Å². The van der Waals surface area contributed by atoms with Crippen molar-refractivity contribution in [1.82, 2.24) is 15.1 Å². The normalized spacial score (nSPS) is 14.1. The van der Waals surface area contributed by atoms with E-state index in [4.69, 9.17) is 0 Å². The lowest BCUT2D eigenvalue weighted by molar-refractivity contribution is -0.136. The molecule has 1 aromatic heterocycles. The van der Waals surface area contributed by atoms with Crippen LogP contribution in [0.5, 0.6) is 0 Å². The monoisotopic (exact) mass is 438 g/mol. The Balaban J connectivity index is 1.58. The summed E-state index contributed by atoms with van der Waals surface area (Å²) < 4.78 is 25.7. The van der Waals surface area contributed by atoms with Gasteiger partial charge in [-0.05, 0) is 31.0 Å². The van der Waals surface area contributed by atoms with E-state index in [-0.39, 0.29) is 23.9 Å². The lowest BCUT2D eigenvalue weighted by Gasteiger charge is -2.13. The summed E-state index contributed by atoms with van der Waals surface area (Å²) in [6.07, 6.45) is 0. The van der Waals surface area contributed by atoms with Gasteiger partial charge in [0.1, 0.15) is 5.82 Å². The van der Waals surface area contributed by atoms with Crippen LogP contribution in [0.3, 0.4) is 0 Å². The van der Waals surface area contributed by atoms with E-state index in [0.717, 1.165) is 16.7 Å². The van der Waals surface area contributed by atoms with Gasteiger partial charge in [0, 0.05) is 12.1 Å². The number of aryl methyl sites for hydroxylation is 2. The van der Waals surface area contributed by atoms with Gasteiger partial charge >= 0.3 is 11.8 Å². The molecule has 0 atom stereocenters. The van der Waals surface area contributed by atoms with E-state index in [0.29, 0.717) is 16.9 Å². The number of aromatic nitrogens is 2. The molecule has 1 aliphatic heterocycles. The highest BCUT2D eigenvalue weighted by atomic mass is 32.2. The molecule has 8 nitrogen and oxygen atoms in total. The van der Waals surface area contributed by atoms with Gasteiger partial charge in [0.15, 0.2) is 9.84 Å². The Morgan fingerprint density at radius 1 is 1.00 bits per heavy atom. The number of rotatable bonds is 4. The molecule has 0 unspecified atom stereocenters. The first-order valence-electron chi connectivity index (χ1n) is 9.75. The average molecular weight is 439 g/mol. The molecule has 4 rings (SSSR count). The van der Waals surface area contributed by atoms with E-state index >= 15 is 0 Å². The van der Waals surface area contributed by atoms with Gasteiger partial charge in [-0.1, -0.05) is 48.0 Å². The van der Waals surface area contributed by atoms with Gasteiger partial charge in [-0.3, -0.25) is 9.59 Å². The van der Waals surface area contributed by atoms with Gasteiger partial charge in [-0.15, -0.1) is 0 Å². The van der Waals surface area contributed by atoms with Crippen LogP contribution >= 0.6 is 0 Å². The first-order valence-corrected chi connectivity index (χ1v) is 11.6. The maximum atomic E-state index is 12.6. The Morgan fingerprint density at radius 3 is 2.42 bits per heavy atom. The number of hydrogen-bond donors (Lipinski definition) is 2. The fourth-order valence-electron chi connectivity index (χ4n) is 3.48. The van der Waals surface area contributed by atoms with Crippen molar-refractivity contribution in [2.45, 2.75) is 31.9 Å². The third-order valence-corrected chi connectivity index (χ3v) is 6.58. The highest BCUT2D eigenvalue weighted by Crippen LogP contribution is 2.33. The number of benzene rings is 2. The van der Waals surface area contributed by atoms with Crippen LogP contribution in [0.1, 0.15) is 27.9 Å². The summed E-state index contributed by atoms with van der Waals surface area (Å²) in [5, 5.41) is 9.59. The van der Waals surface area contributed by atoms with E-state index in [1.165, 1.54) is 4.68 Å². The smallest absolute Gasteiger partial charge is 0.314 e. The molecule has 2 amide bonds. The largest absolute Gasteiger partial charge is 0.344 e. The molecule has 160 valence electrons. The van der Waals surface area contributed by atoms with Gasteiger partial charge in [0.05, 0.1) is 22.9 Å². The Morgan fingerprint density at radius 2 is 1.71 bits per heavy atom. The maximum absolute atomic E-state index is 12.6. The molecular formula is C22H22N4O4S. The van der Waals surface area contributed by atoms with E-state index in [1.807, 2.05) is 62.4 Å². The maximum Gasteiger partial charge on any atom is 0.314 e. The zero-order valence-corrected chi connectivity index (χ0v) is 18.0. The fourth-order valence-corrected chi connectivity index (χ4v) is 4.97. The average Bonchev–Trinajstić information content (AvgIpc) is 3.20. The van der Waals surface area contributed by atoms with Crippen molar-refractivity contribution in [3.05, 3.63) is 76.5 Å². The Kier molecular flexibility index (Phi) is 5.36. The van der Waals surface area contributed by atoms with Crippen molar-refractivity contribution in [1.29, 1.82) is 0 Å². The number of hydrogen-bond acceptors (Lipinski definition) is 5. The predicted octanol–water partition coefficient (Wildman–Crippen LogP) is 2.17. The number of nitrogens with one attached hydrogen (secondary N) is 2. The second kappa shape index (κ2) is 7.99. The summed E-state index contributed by atoms with van der Waals surface area (Å²) >= 11 is 0. The minimum atomic E-state index is -3.33. The van der Waals surface area contributed by atoms with Gasteiger partial charge in [-0.25, -0.2) is 13.1 Å². The number of fused-ring (bicyclic) bond motifs is 1. The number of sulfone groups is 1. The lowest BCUT2D eigenvalue weighted by atomic mass is 10.1. The molecule has 2 N–H and O–H groups in total. The molecule has 9 heteroatoms. The quantitative estimate of drug-likeness (QED) is 0.607. The van der Waals surface area contributed by atoms with Crippen LogP contribution in [0.25, 0.3) is 5.69 Å².